The second-order valence-corrected chi connectivity index (χ2v) is 5.17. The molecule has 1 unspecified atom stereocenters. The van der Waals surface area contributed by atoms with Crippen molar-refractivity contribution in [3.8, 4) is 0 Å². The monoisotopic (exact) mass is 256 g/mol. The number of aliphatic carboxylic acids is 1. The molecule has 0 saturated carbocycles. The fourth-order valence-corrected chi connectivity index (χ4v) is 2.56. The molecule has 0 aromatic carbocycles. The lowest BCUT2D eigenvalue weighted by Crippen LogP contribution is -2.42. The van der Waals surface area contributed by atoms with Crippen LogP contribution < -0.4 is 0 Å². The van der Waals surface area contributed by atoms with Crippen molar-refractivity contribution in [1.82, 2.24) is 4.90 Å². The highest BCUT2D eigenvalue weighted by atomic mass is 16.6. The Kier molecular flexibility index (Phi) is 3.87. The third-order valence-corrected chi connectivity index (χ3v) is 3.67. The molecule has 0 amide bonds. The van der Waals surface area contributed by atoms with Gasteiger partial charge in [-0.1, -0.05) is 5.16 Å². The maximum Gasteiger partial charge on any atom is 0.344 e. The molecule has 2 aliphatic heterocycles. The van der Waals surface area contributed by atoms with Crippen LogP contribution in [0.3, 0.4) is 0 Å². The number of likely N-dealkylation sites (tertiary alicyclic amines) is 1. The minimum absolute atomic E-state index is 0.0813. The summed E-state index contributed by atoms with van der Waals surface area (Å²) in [4.78, 5) is 17.4. The summed E-state index contributed by atoms with van der Waals surface area (Å²) in [5.41, 5.74) is 0.706. The molecular formula is C12H20N2O4. The predicted molar refractivity (Wildman–Crippen MR) is 65.6 cm³/mol. The third-order valence-electron chi connectivity index (χ3n) is 3.67. The van der Waals surface area contributed by atoms with Gasteiger partial charge in [-0.25, -0.2) is 4.79 Å². The van der Waals surface area contributed by atoms with Crippen molar-refractivity contribution in [2.45, 2.75) is 37.9 Å². The number of carbonyl (C=O) groups is 1. The van der Waals surface area contributed by atoms with Gasteiger partial charge in [0.05, 0.1) is 17.4 Å². The van der Waals surface area contributed by atoms with Gasteiger partial charge in [0.25, 0.3) is 0 Å². The van der Waals surface area contributed by atoms with Crippen molar-refractivity contribution in [1.29, 1.82) is 0 Å². The maximum atomic E-state index is 10.4. The van der Waals surface area contributed by atoms with E-state index in [4.69, 9.17) is 14.7 Å². The van der Waals surface area contributed by atoms with Crippen LogP contribution in [0.2, 0.25) is 0 Å². The molecule has 0 radical (unpaired) electrons. The Morgan fingerprint density at radius 3 is 2.89 bits per heavy atom. The van der Waals surface area contributed by atoms with E-state index in [0.29, 0.717) is 0 Å². The van der Waals surface area contributed by atoms with Crippen LogP contribution in [0.5, 0.6) is 0 Å². The molecule has 1 spiro atoms. The van der Waals surface area contributed by atoms with Crippen molar-refractivity contribution in [2.75, 3.05) is 26.7 Å². The molecule has 2 rings (SSSR count). The topological polar surface area (TPSA) is 71.4 Å². The molecule has 0 bridgehead atoms. The molecule has 2 saturated heterocycles. The molecule has 2 fully saturated rings. The standard InChI is InChI=1S/C12H20N2O4/c1-9-10(13-17-8-11(15)16)7-12(18-9)3-5-14(2)6-4-12/h9H,3-8H2,1-2H3,(H,15,16)/b13-10+. The lowest BCUT2D eigenvalue weighted by molar-refractivity contribution is -0.142. The van der Waals surface area contributed by atoms with Gasteiger partial charge in [0.1, 0.15) is 0 Å². The second kappa shape index (κ2) is 5.24. The number of carboxylic acids is 1. The van der Waals surface area contributed by atoms with Crippen LogP contribution in [0, 0.1) is 0 Å². The van der Waals surface area contributed by atoms with Gasteiger partial charge >= 0.3 is 5.97 Å². The van der Waals surface area contributed by atoms with Gasteiger partial charge in [0.2, 0.25) is 6.61 Å². The van der Waals surface area contributed by atoms with Crippen LogP contribution in [0.1, 0.15) is 26.2 Å². The Labute approximate surface area is 107 Å². The van der Waals surface area contributed by atoms with E-state index in [1.54, 1.807) is 0 Å². The normalized spacial score (nSPS) is 29.9. The molecule has 1 atom stereocenters. The minimum atomic E-state index is -1.01. The number of piperidine rings is 1. The van der Waals surface area contributed by atoms with Gasteiger partial charge in [-0.05, 0) is 26.8 Å². The first-order valence-corrected chi connectivity index (χ1v) is 6.28. The summed E-state index contributed by atoms with van der Waals surface area (Å²) in [7, 11) is 2.11. The van der Waals surface area contributed by atoms with Gasteiger partial charge in [-0.15, -0.1) is 0 Å². The lowest BCUT2D eigenvalue weighted by Gasteiger charge is -2.36. The number of hydrogen-bond donors (Lipinski definition) is 1. The number of rotatable bonds is 3. The van der Waals surface area contributed by atoms with Crippen molar-refractivity contribution < 1.29 is 19.5 Å². The summed E-state index contributed by atoms with van der Waals surface area (Å²) in [6.07, 6.45) is 2.65. The number of ether oxygens (including phenoxy) is 1. The van der Waals surface area contributed by atoms with Crippen LogP contribution in [-0.2, 0) is 14.4 Å². The van der Waals surface area contributed by atoms with E-state index >= 15 is 0 Å². The lowest BCUT2D eigenvalue weighted by atomic mass is 9.88. The number of carboxylic acid groups (broad SMARTS) is 1. The number of oxime groups is 1. The molecule has 0 aliphatic carbocycles. The fourth-order valence-electron chi connectivity index (χ4n) is 2.56. The highest BCUT2D eigenvalue weighted by Crippen LogP contribution is 2.37. The first kappa shape index (κ1) is 13.3. The quantitative estimate of drug-likeness (QED) is 0.753. The molecule has 6 nitrogen and oxygen atoms in total. The molecule has 0 aromatic heterocycles. The van der Waals surface area contributed by atoms with Crippen molar-refractivity contribution in [2.24, 2.45) is 5.16 Å². The Balaban J connectivity index is 1.93. The van der Waals surface area contributed by atoms with E-state index in [0.717, 1.165) is 38.1 Å². The first-order valence-electron chi connectivity index (χ1n) is 6.28. The van der Waals surface area contributed by atoms with Gasteiger partial charge in [0, 0.05) is 19.5 Å². The maximum absolute atomic E-state index is 10.4. The van der Waals surface area contributed by atoms with Gasteiger partial charge in [0.15, 0.2) is 0 Å². The molecule has 2 heterocycles. The van der Waals surface area contributed by atoms with E-state index < -0.39 is 12.6 Å². The van der Waals surface area contributed by atoms with E-state index in [-0.39, 0.29) is 11.7 Å². The van der Waals surface area contributed by atoms with Crippen molar-refractivity contribution in [3.05, 3.63) is 0 Å². The average molecular weight is 256 g/mol. The van der Waals surface area contributed by atoms with Crippen LogP contribution in [-0.4, -0.2) is 60.1 Å². The summed E-state index contributed by atoms with van der Waals surface area (Å²) in [5, 5.41) is 12.4. The second-order valence-electron chi connectivity index (χ2n) is 5.17. The summed E-state index contributed by atoms with van der Waals surface area (Å²) in [6, 6.07) is 0. The zero-order chi connectivity index (χ0) is 13.2. The molecule has 102 valence electrons. The summed E-state index contributed by atoms with van der Waals surface area (Å²) in [6.45, 7) is 3.59. The van der Waals surface area contributed by atoms with E-state index in [1.165, 1.54) is 0 Å². The molecule has 0 aromatic rings. The Morgan fingerprint density at radius 2 is 2.28 bits per heavy atom. The Hall–Kier alpha value is -1.14. The molecule has 6 heteroatoms. The molecule has 18 heavy (non-hydrogen) atoms. The predicted octanol–water partition coefficient (Wildman–Crippen LogP) is 0.717. The molecule has 1 N–H and O–H groups in total. The summed E-state index contributed by atoms with van der Waals surface area (Å²) >= 11 is 0. The number of nitrogens with zero attached hydrogens (tertiary/aromatic N) is 2. The summed E-state index contributed by atoms with van der Waals surface area (Å²) in [5.74, 6) is -1.01. The first-order chi connectivity index (χ1) is 8.51. The zero-order valence-electron chi connectivity index (χ0n) is 10.9. The van der Waals surface area contributed by atoms with E-state index in [2.05, 4.69) is 17.1 Å². The summed E-state index contributed by atoms with van der Waals surface area (Å²) < 4.78 is 6.02. The fraction of sp³-hybridized carbons (Fsp3) is 0.833. The largest absolute Gasteiger partial charge is 0.479 e. The molecule has 2 aliphatic rings. The SMILES string of the molecule is CC1OC2(CCN(C)CC2)C/C1=N\OCC(=O)O. The highest BCUT2D eigenvalue weighted by Gasteiger charge is 2.44. The van der Waals surface area contributed by atoms with Crippen LogP contribution >= 0.6 is 0 Å². The van der Waals surface area contributed by atoms with Crippen LogP contribution in [0.4, 0.5) is 0 Å². The Morgan fingerprint density at radius 1 is 1.61 bits per heavy atom. The third kappa shape index (κ3) is 3.00. The van der Waals surface area contributed by atoms with Gasteiger partial charge < -0.3 is 19.6 Å². The molecular weight excluding hydrogens is 236 g/mol. The van der Waals surface area contributed by atoms with Crippen LogP contribution in [0.15, 0.2) is 5.16 Å². The van der Waals surface area contributed by atoms with Crippen LogP contribution in [0.25, 0.3) is 0 Å². The average Bonchev–Trinajstić information content (AvgIpc) is 2.60. The minimum Gasteiger partial charge on any atom is -0.479 e. The van der Waals surface area contributed by atoms with Gasteiger partial charge in [-0.2, -0.15) is 0 Å². The smallest absolute Gasteiger partial charge is 0.344 e. The van der Waals surface area contributed by atoms with E-state index in [1.807, 2.05) is 6.92 Å². The highest BCUT2D eigenvalue weighted by molar-refractivity contribution is 5.90. The Bertz CT molecular complexity index is 348. The van der Waals surface area contributed by atoms with Crippen molar-refractivity contribution in [3.63, 3.8) is 0 Å². The number of hydrogen-bond acceptors (Lipinski definition) is 5. The zero-order valence-corrected chi connectivity index (χ0v) is 10.9. The van der Waals surface area contributed by atoms with Gasteiger partial charge in [-0.3, -0.25) is 0 Å². The van der Waals surface area contributed by atoms with Crippen molar-refractivity contribution >= 4 is 11.7 Å². The van der Waals surface area contributed by atoms with E-state index in [9.17, 15) is 4.79 Å².